The third-order valence-corrected chi connectivity index (χ3v) is 3.40. The third kappa shape index (κ3) is 3.92. The maximum Gasteiger partial charge on any atom is 0.239 e. The Labute approximate surface area is 136 Å². The summed E-state index contributed by atoms with van der Waals surface area (Å²) < 4.78 is 39.2. The van der Waals surface area contributed by atoms with Crippen LogP contribution in [0.3, 0.4) is 0 Å². The predicted octanol–water partition coefficient (Wildman–Crippen LogP) is 3.71. The topological polar surface area (TPSA) is 58.2 Å². The van der Waals surface area contributed by atoms with Gasteiger partial charge in [-0.3, -0.25) is 9.59 Å². The normalized spacial score (nSPS) is 11.0. The van der Waals surface area contributed by atoms with Crippen LogP contribution in [0.4, 0.5) is 24.5 Å². The van der Waals surface area contributed by atoms with E-state index in [1.54, 1.807) is 0 Å². The summed E-state index contributed by atoms with van der Waals surface area (Å²) in [4.78, 5) is 24.5. The number of carbonyl (C=O) groups excluding carboxylic acids is 2. The van der Waals surface area contributed by atoms with Crippen LogP contribution >= 0.6 is 0 Å². The maximum atomic E-state index is 13.2. The van der Waals surface area contributed by atoms with E-state index in [0.717, 1.165) is 18.2 Å². The smallest absolute Gasteiger partial charge is 0.239 e. The van der Waals surface area contributed by atoms with Gasteiger partial charge in [-0.05, 0) is 44.2 Å². The van der Waals surface area contributed by atoms with Crippen molar-refractivity contribution in [2.75, 3.05) is 10.6 Å². The number of benzene rings is 2. The largest absolute Gasteiger partial charge is 0.325 e. The summed E-state index contributed by atoms with van der Waals surface area (Å²) in [7, 11) is 0. The maximum absolute atomic E-state index is 13.2. The zero-order chi connectivity index (χ0) is 17.9. The van der Waals surface area contributed by atoms with Gasteiger partial charge in [0, 0.05) is 17.4 Å². The van der Waals surface area contributed by atoms with Crippen LogP contribution in [-0.4, -0.2) is 11.8 Å². The van der Waals surface area contributed by atoms with Gasteiger partial charge in [0.2, 0.25) is 11.8 Å². The lowest BCUT2D eigenvalue weighted by atomic mass is 9.90. The second-order valence-electron chi connectivity index (χ2n) is 5.67. The van der Waals surface area contributed by atoms with Crippen LogP contribution in [0.2, 0.25) is 0 Å². The summed E-state index contributed by atoms with van der Waals surface area (Å²) in [5.41, 5.74) is -1.31. The van der Waals surface area contributed by atoms with Crippen molar-refractivity contribution in [1.29, 1.82) is 0 Å². The average molecular weight is 336 g/mol. The minimum absolute atomic E-state index is 0.0190. The Hall–Kier alpha value is -2.83. The van der Waals surface area contributed by atoms with Crippen molar-refractivity contribution in [1.82, 2.24) is 0 Å². The van der Waals surface area contributed by atoms with E-state index >= 15 is 0 Å². The number of anilines is 2. The number of halogens is 3. The fourth-order valence-corrected chi connectivity index (χ4v) is 1.82. The molecule has 7 heteroatoms. The van der Waals surface area contributed by atoms with E-state index in [4.69, 9.17) is 0 Å². The highest BCUT2D eigenvalue weighted by Crippen LogP contribution is 2.22. The molecule has 2 rings (SSSR count). The lowest BCUT2D eigenvalue weighted by Gasteiger charge is -2.22. The summed E-state index contributed by atoms with van der Waals surface area (Å²) in [5.74, 6) is -4.08. The first-order valence-electron chi connectivity index (χ1n) is 7.03. The molecule has 0 bridgehead atoms. The molecular weight excluding hydrogens is 321 g/mol. The number of rotatable bonds is 4. The minimum atomic E-state index is -1.53. The van der Waals surface area contributed by atoms with Crippen molar-refractivity contribution in [3.8, 4) is 0 Å². The van der Waals surface area contributed by atoms with Gasteiger partial charge < -0.3 is 10.6 Å². The van der Waals surface area contributed by atoms with Gasteiger partial charge in [-0.15, -0.1) is 0 Å². The van der Waals surface area contributed by atoms with Gasteiger partial charge in [0.15, 0.2) is 11.6 Å². The van der Waals surface area contributed by atoms with Crippen molar-refractivity contribution in [2.24, 2.45) is 5.41 Å². The first kappa shape index (κ1) is 17.5. The number of carbonyl (C=O) groups is 2. The molecule has 0 unspecified atom stereocenters. The highest BCUT2D eigenvalue weighted by molar-refractivity contribution is 6.13. The number of hydrogen-bond acceptors (Lipinski definition) is 2. The third-order valence-electron chi connectivity index (χ3n) is 3.40. The van der Waals surface area contributed by atoms with Crippen molar-refractivity contribution in [2.45, 2.75) is 13.8 Å². The fraction of sp³-hybridized carbons (Fsp3) is 0.176. The van der Waals surface area contributed by atoms with E-state index in [0.29, 0.717) is 0 Å². The molecule has 0 aliphatic rings. The molecule has 0 spiro atoms. The molecule has 126 valence electrons. The molecule has 4 nitrogen and oxygen atoms in total. The fourth-order valence-electron chi connectivity index (χ4n) is 1.82. The van der Waals surface area contributed by atoms with Gasteiger partial charge >= 0.3 is 0 Å². The number of amides is 2. The van der Waals surface area contributed by atoms with Crippen molar-refractivity contribution < 1.29 is 22.8 Å². The molecule has 0 radical (unpaired) electrons. The first-order valence-corrected chi connectivity index (χ1v) is 7.03. The standard InChI is InChI=1S/C17H15F3N2O2/c1-17(2,15(23)21-11-5-3-4-10(18)8-11)16(24)22-12-6-7-13(19)14(20)9-12/h3-9H,1-2H3,(H,21,23)(H,22,24). The highest BCUT2D eigenvalue weighted by Gasteiger charge is 2.36. The Bertz CT molecular complexity index is 791. The van der Waals surface area contributed by atoms with Crippen LogP contribution < -0.4 is 10.6 Å². The van der Waals surface area contributed by atoms with E-state index in [2.05, 4.69) is 10.6 Å². The van der Waals surface area contributed by atoms with E-state index in [1.165, 1.54) is 38.1 Å². The Kier molecular flexibility index (Phi) is 4.92. The molecule has 0 saturated heterocycles. The number of nitrogens with one attached hydrogen (secondary N) is 2. The Morgan fingerprint density at radius 1 is 0.833 bits per heavy atom. The molecule has 24 heavy (non-hydrogen) atoms. The zero-order valence-corrected chi connectivity index (χ0v) is 13.0. The molecular formula is C17H15F3N2O2. The molecule has 0 aliphatic heterocycles. The van der Waals surface area contributed by atoms with E-state index in [-0.39, 0.29) is 11.4 Å². The van der Waals surface area contributed by atoms with Gasteiger partial charge in [0.25, 0.3) is 0 Å². The summed E-state index contributed by atoms with van der Waals surface area (Å²) in [6.45, 7) is 2.72. The van der Waals surface area contributed by atoms with Crippen LogP contribution in [0.1, 0.15) is 13.8 Å². The van der Waals surface area contributed by atoms with Crippen molar-refractivity contribution in [3.05, 3.63) is 59.9 Å². The average Bonchev–Trinajstić information content (AvgIpc) is 2.50. The van der Waals surface area contributed by atoms with Crippen LogP contribution in [0, 0.1) is 22.9 Å². The van der Waals surface area contributed by atoms with E-state index < -0.39 is 34.7 Å². The van der Waals surface area contributed by atoms with Gasteiger partial charge in [-0.1, -0.05) is 6.07 Å². The molecule has 2 aromatic carbocycles. The summed E-state index contributed by atoms with van der Waals surface area (Å²) in [6.07, 6.45) is 0. The molecule has 0 saturated carbocycles. The van der Waals surface area contributed by atoms with Crippen molar-refractivity contribution in [3.63, 3.8) is 0 Å². The monoisotopic (exact) mass is 336 g/mol. The number of hydrogen-bond donors (Lipinski definition) is 2. The summed E-state index contributed by atoms with van der Waals surface area (Å²) in [5, 5.41) is 4.78. The lowest BCUT2D eigenvalue weighted by molar-refractivity contribution is -0.135. The quantitative estimate of drug-likeness (QED) is 0.836. The SMILES string of the molecule is CC(C)(C(=O)Nc1cccc(F)c1)C(=O)Nc1ccc(F)c(F)c1. The zero-order valence-electron chi connectivity index (χ0n) is 13.0. The molecule has 0 aliphatic carbocycles. The first-order chi connectivity index (χ1) is 11.2. The van der Waals surface area contributed by atoms with Crippen LogP contribution in [0.25, 0.3) is 0 Å². The van der Waals surface area contributed by atoms with Crippen LogP contribution in [-0.2, 0) is 9.59 Å². The van der Waals surface area contributed by atoms with Crippen LogP contribution in [0.5, 0.6) is 0 Å². The lowest BCUT2D eigenvalue weighted by Crippen LogP contribution is -2.41. The summed E-state index contributed by atoms with van der Waals surface area (Å²) in [6, 6.07) is 8.08. The van der Waals surface area contributed by atoms with E-state index in [1.807, 2.05) is 0 Å². The second kappa shape index (κ2) is 6.74. The van der Waals surface area contributed by atoms with Gasteiger partial charge in [0.05, 0.1) is 0 Å². The van der Waals surface area contributed by atoms with Crippen molar-refractivity contribution >= 4 is 23.2 Å². The molecule has 2 N–H and O–H groups in total. The molecule has 0 heterocycles. The van der Waals surface area contributed by atoms with Gasteiger partial charge in [0.1, 0.15) is 11.2 Å². The van der Waals surface area contributed by atoms with Crippen LogP contribution in [0.15, 0.2) is 42.5 Å². The van der Waals surface area contributed by atoms with Gasteiger partial charge in [-0.2, -0.15) is 0 Å². The predicted molar refractivity (Wildman–Crippen MR) is 83.8 cm³/mol. The Balaban J connectivity index is 2.11. The minimum Gasteiger partial charge on any atom is -0.325 e. The summed E-state index contributed by atoms with van der Waals surface area (Å²) >= 11 is 0. The molecule has 0 fully saturated rings. The molecule has 2 amide bonds. The molecule has 0 aromatic heterocycles. The Morgan fingerprint density at radius 3 is 1.96 bits per heavy atom. The second-order valence-corrected chi connectivity index (χ2v) is 5.67. The van der Waals surface area contributed by atoms with Gasteiger partial charge in [-0.25, -0.2) is 13.2 Å². The van der Waals surface area contributed by atoms with E-state index in [9.17, 15) is 22.8 Å². The Morgan fingerprint density at radius 2 is 1.42 bits per heavy atom. The molecule has 0 atom stereocenters. The highest BCUT2D eigenvalue weighted by atomic mass is 19.2. The molecule has 2 aromatic rings.